The first-order chi connectivity index (χ1) is 24.5. The van der Waals surface area contributed by atoms with Crippen molar-refractivity contribution in [3.8, 4) is 34.2 Å². The molecule has 8 saturated carbocycles. The van der Waals surface area contributed by atoms with Gasteiger partial charge in [-0.2, -0.15) is 0 Å². The molecule has 0 amide bonds. The summed E-state index contributed by atoms with van der Waals surface area (Å²) in [7, 11) is 0. The molecule has 8 aliphatic carbocycles. The first kappa shape index (κ1) is 29.4. The molecule has 0 N–H and O–H groups in total. The lowest BCUT2D eigenvalue weighted by Gasteiger charge is -2.57. The number of fused-ring (bicyclic) bond motifs is 1. The molecule has 8 bridgehead atoms. The highest BCUT2D eigenvalue weighted by atomic mass is 15.0. The highest BCUT2D eigenvalue weighted by Crippen LogP contribution is 2.62. The molecule has 0 unspecified atom stereocenters. The van der Waals surface area contributed by atoms with E-state index in [2.05, 4.69) is 77.6 Å². The Morgan fingerprint density at radius 1 is 0.520 bits per heavy atom. The van der Waals surface area contributed by atoms with Crippen LogP contribution in [0.5, 0.6) is 0 Å². The molecule has 4 heteroatoms. The van der Waals surface area contributed by atoms with E-state index in [9.17, 15) is 0 Å². The van der Waals surface area contributed by atoms with Crippen LogP contribution in [-0.2, 0) is 10.8 Å². The van der Waals surface area contributed by atoms with Gasteiger partial charge in [-0.3, -0.25) is 0 Å². The lowest BCUT2D eigenvalue weighted by atomic mass is 9.47. The second-order valence-corrected chi connectivity index (χ2v) is 17.6. The van der Waals surface area contributed by atoms with Gasteiger partial charge in [-0.1, -0.05) is 84.9 Å². The number of hydrogen-bond donors (Lipinski definition) is 0. The van der Waals surface area contributed by atoms with Gasteiger partial charge in [-0.05, 0) is 145 Å². The normalized spacial score (nSPS) is 33.2. The van der Waals surface area contributed by atoms with Gasteiger partial charge in [0, 0.05) is 16.7 Å². The molecular formula is C46H44N4. The van der Waals surface area contributed by atoms with Gasteiger partial charge in [0.25, 0.3) is 0 Å². The average molecular weight is 653 g/mol. The average Bonchev–Trinajstić information content (AvgIpc) is 3.13. The van der Waals surface area contributed by atoms with E-state index < -0.39 is 0 Å². The SMILES string of the molecule is [C-]#[N+]c1cccc2ccc(-c3nc(-c4ccc(C56CC7CC(CC(C7)C5)C6)cc4)nc(-c4ccccc4C45CC6CC(CC(C6)C4)C5)n3)cc12. The highest BCUT2D eigenvalue weighted by molar-refractivity contribution is 5.96. The number of hydrogen-bond acceptors (Lipinski definition) is 3. The van der Waals surface area contributed by atoms with E-state index in [1.165, 1.54) is 93.7 Å². The predicted octanol–water partition coefficient (Wildman–Crippen LogP) is 11.5. The molecule has 0 atom stereocenters. The van der Waals surface area contributed by atoms with E-state index in [0.29, 0.717) is 16.9 Å². The van der Waals surface area contributed by atoms with E-state index in [-0.39, 0.29) is 5.41 Å². The van der Waals surface area contributed by atoms with Gasteiger partial charge in [0.05, 0.1) is 6.57 Å². The predicted molar refractivity (Wildman–Crippen MR) is 200 cm³/mol. The van der Waals surface area contributed by atoms with Crippen molar-refractivity contribution in [3.05, 3.63) is 107 Å². The smallest absolute Gasteiger partial charge is 0.194 e. The van der Waals surface area contributed by atoms with E-state index in [4.69, 9.17) is 21.5 Å². The zero-order chi connectivity index (χ0) is 33.0. The summed E-state index contributed by atoms with van der Waals surface area (Å²) in [4.78, 5) is 19.7. The first-order valence-electron chi connectivity index (χ1n) is 19.4. The summed E-state index contributed by atoms with van der Waals surface area (Å²) in [6.07, 6.45) is 16.7. The minimum Gasteiger partial charge on any atom is -0.238 e. The Hall–Kier alpha value is -4.36. The van der Waals surface area contributed by atoms with E-state index >= 15 is 0 Å². The van der Waals surface area contributed by atoms with Crippen molar-refractivity contribution >= 4 is 16.5 Å². The molecule has 1 heterocycles. The summed E-state index contributed by atoms with van der Waals surface area (Å²) < 4.78 is 0. The monoisotopic (exact) mass is 652 g/mol. The lowest BCUT2D eigenvalue weighted by molar-refractivity contribution is -0.00523. The van der Waals surface area contributed by atoms with Gasteiger partial charge in [0.1, 0.15) is 0 Å². The van der Waals surface area contributed by atoms with E-state index in [1.807, 2.05) is 12.1 Å². The summed E-state index contributed by atoms with van der Waals surface area (Å²) in [6, 6.07) is 30.7. The Balaban J connectivity index is 1.05. The maximum Gasteiger partial charge on any atom is 0.194 e. The second-order valence-electron chi connectivity index (χ2n) is 17.6. The second kappa shape index (κ2) is 10.8. The van der Waals surface area contributed by atoms with Gasteiger partial charge in [-0.25, -0.2) is 19.8 Å². The van der Waals surface area contributed by atoms with Gasteiger partial charge in [0.2, 0.25) is 0 Å². The van der Waals surface area contributed by atoms with Crippen LogP contribution in [0, 0.1) is 42.1 Å². The quantitative estimate of drug-likeness (QED) is 0.177. The molecule has 13 rings (SSSR count). The molecule has 0 radical (unpaired) electrons. The summed E-state index contributed by atoms with van der Waals surface area (Å²) in [6.45, 7) is 7.82. The zero-order valence-electron chi connectivity index (χ0n) is 28.8. The van der Waals surface area contributed by atoms with Crippen LogP contribution < -0.4 is 0 Å². The standard InChI is InChI=1S/C46H44N4/c1-47-41-8-4-5-34-9-10-36(21-39(34)41)43-48-42(35-11-13-37(14-12-35)45-22-28-15-29(23-45)17-30(16-28)24-45)49-44(50-43)38-6-2-3-7-40(38)46-25-31-18-32(26-46)20-33(19-31)27-46/h2-14,21,28-33H,15-20,22-27H2. The summed E-state index contributed by atoms with van der Waals surface area (Å²) >= 11 is 0. The Bertz CT molecular complexity index is 2140. The minimum atomic E-state index is 0.227. The van der Waals surface area contributed by atoms with E-state index in [0.717, 1.165) is 69.1 Å². The first-order valence-corrected chi connectivity index (χ1v) is 19.4. The topological polar surface area (TPSA) is 43.0 Å². The molecule has 4 nitrogen and oxygen atoms in total. The fourth-order valence-corrected chi connectivity index (χ4v) is 13.3. The fraction of sp³-hybridized carbons (Fsp3) is 0.435. The number of nitrogens with zero attached hydrogens (tertiary/aromatic N) is 4. The van der Waals surface area contributed by atoms with E-state index in [1.54, 1.807) is 0 Å². The maximum atomic E-state index is 7.82. The Morgan fingerprint density at radius 3 is 1.68 bits per heavy atom. The molecule has 8 aliphatic rings. The van der Waals surface area contributed by atoms with Gasteiger partial charge in [-0.15, -0.1) is 0 Å². The van der Waals surface area contributed by atoms with Gasteiger partial charge >= 0.3 is 0 Å². The van der Waals surface area contributed by atoms with Crippen LogP contribution in [0.15, 0.2) is 84.9 Å². The van der Waals surface area contributed by atoms with Gasteiger partial charge in [0.15, 0.2) is 23.2 Å². The zero-order valence-corrected chi connectivity index (χ0v) is 28.8. The van der Waals surface area contributed by atoms with Crippen molar-refractivity contribution in [3.63, 3.8) is 0 Å². The molecule has 248 valence electrons. The third-order valence-corrected chi connectivity index (χ3v) is 14.4. The van der Waals surface area contributed by atoms with Crippen LogP contribution in [0.2, 0.25) is 0 Å². The molecule has 0 saturated heterocycles. The lowest BCUT2D eigenvalue weighted by Crippen LogP contribution is -2.48. The molecule has 4 aromatic carbocycles. The Kier molecular flexibility index (Phi) is 6.36. The van der Waals surface area contributed by atoms with Crippen molar-refractivity contribution in [2.24, 2.45) is 35.5 Å². The van der Waals surface area contributed by atoms with Crippen molar-refractivity contribution in [1.82, 2.24) is 15.0 Å². The Labute approximate surface area is 295 Å². The van der Waals surface area contributed by atoms with Crippen LogP contribution >= 0.6 is 0 Å². The maximum absolute atomic E-state index is 7.82. The van der Waals surface area contributed by atoms with Crippen LogP contribution in [0.1, 0.15) is 88.2 Å². The van der Waals surface area contributed by atoms with Crippen molar-refractivity contribution < 1.29 is 0 Å². The van der Waals surface area contributed by atoms with Crippen LogP contribution in [0.3, 0.4) is 0 Å². The number of benzene rings is 4. The van der Waals surface area contributed by atoms with Crippen LogP contribution in [0.25, 0.3) is 49.8 Å². The third-order valence-electron chi connectivity index (χ3n) is 14.4. The van der Waals surface area contributed by atoms with Crippen LogP contribution in [-0.4, -0.2) is 15.0 Å². The van der Waals surface area contributed by atoms with Gasteiger partial charge < -0.3 is 0 Å². The minimum absolute atomic E-state index is 0.227. The molecule has 50 heavy (non-hydrogen) atoms. The number of aromatic nitrogens is 3. The fourth-order valence-electron chi connectivity index (χ4n) is 13.3. The molecule has 8 fully saturated rings. The van der Waals surface area contributed by atoms with Crippen LogP contribution in [0.4, 0.5) is 5.69 Å². The third kappa shape index (κ3) is 4.58. The molecular weight excluding hydrogens is 609 g/mol. The van der Waals surface area contributed by atoms with Crippen molar-refractivity contribution in [2.75, 3.05) is 0 Å². The van der Waals surface area contributed by atoms with Crippen molar-refractivity contribution in [2.45, 2.75) is 87.9 Å². The molecule has 0 aliphatic heterocycles. The number of rotatable bonds is 5. The van der Waals surface area contributed by atoms with Crippen molar-refractivity contribution in [1.29, 1.82) is 0 Å². The molecule has 1 aromatic heterocycles. The summed E-state index contributed by atoms with van der Waals surface area (Å²) in [5.41, 5.74) is 7.39. The summed E-state index contributed by atoms with van der Waals surface area (Å²) in [5, 5.41) is 2.00. The largest absolute Gasteiger partial charge is 0.238 e. The summed E-state index contributed by atoms with van der Waals surface area (Å²) in [5.74, 6) is 7.55. The Morgan fingerprint density at radius 2 is 1.06 bits per heavy atom. The highest BCUT2D eigenvalue weighted by Gasteiger charge is 2.53. The molecule has 5 aromatic rings. The molecule has 0 spiro atoms.